The van der Waals surface area contributed by atoms with Crippen molar-refractivity contribution in [2.75, 3.05) is 26.9 Å². The number of hydrogen-bond acceptors (Lipinski definition) is 4. The molecule has 0 fully saturated rings. The molecule has 21 heavy (non-hydrogen) atoms. The molecule has 1 aromatic carbocycles. The van der Waals surface area contributed by atoms with Crippen molar-refractivity contribution in [2.24, 2.45) is 0 Å². The molecule has 0 aliphatic carbocycles. The summed E-state index contributed by atoms with van der Waals surface area (Å²) in [5.74, 6) is 0.378. The smallest absolute Gasteiger partial charge is 0.387 e. The molecule has 0 spiro atoms. The molecular weight excluding hydrogens is 280 g/mol. The lowest BCUT2D eigenvalue weighted by atomic mass is 10.2. The molecule has 0 aliphatic rings. The number of benzene rings is 1. The third-order valence-electron chi connectivity index (χ3n) is 2.87. The van der Waals surface area contributed by atoms with Gasteiger partial charge in [0.2, 0.25) is 0 Å². The zero-order chi connectivity index (χ0) is 15.5. The summed E-state index contributed by atoms with van der Waals surface area (Å²) >= 11 is 0. The van der Waals surface area contributed by atoms with E-state index in [2.05, 4.69) is 17.0 Å². The van der Waals surface area contributed by atoms with Gasteiger partial charge in [0.25, 0.3) is 0 Å². The summed E-state index contributed by atoms with van der Waals surface area (Å²) in [6, 6.07) is 5.06. The van der Waals surface area contributed by atoms with Crippen LogP contribution in [0.3, 0.4) is 0 Å². The second-order valence-electron chi connectivity index (χ2n) is 4.47. The lowest BCUT2D eigenvalue weighted by molar-refractivity contribution is -0.0518. The molecule has 0 unspecified atom stereocenters. The molecule has 0 saturated heterocycles. The van der Waals surface area contributed by atoms with Crippen molar-refractivity contribution in [2.45, 2.75) is 32.9 Å². The fourth-order valence-corrected chi connectivity index (χ4v) is 1.80. The first kappa shape index (κ1) is 17.7. The van der Waals surface area contributed by atoms with Crippen LogP contribution < -0.4 is 14.8 Å². The van der Waals surface area contributed by atoms with Crippen LogP contribution >= 0.6 is 0 Å². The summed E-state index contributed by atoms with van der Waals surface area (Å²) in [5.41, 5.74) is 0.628. The predicted molar refractivity (Wildman–Crippen MR) is 77.1 cm³/mol. The molecule has 1 rings (SSSR count). The van der Waals surface area contributed by atoms with E-state index in [-0.39, 0.29) is 5.75 Å². The second kappa shape index (κ2) is 10.3. The Morgan fingerprint density at radius 2 is 2.05 bits per heavy atom. The average molecular weight is 303 g/mol. The van der Waals surface area contributed by atoms with Crippen LogP contribution in [-0.2, 0) is 11.3 Å². The SMILES string of the molecule is CCCCOCCNCc1cccc(OC)c1OC(F)F. The monoisotopic (exact) mass is 303 g/mol. The predicted octanol–water partition coefficient (Wildman–Crippen LogP) is 3.20. The van der Waals surface area contributed by atoms with E-state index >= 15 is 0 Å². The Hall–Kier alpha value is -1.40. The van der Waals surface area contributed by atoms with Crippen LogP contribution in [0.5, 0.6) is 11.5 Å². The van der Waals surface area contributed by atoms with E-state index in [1.165, 1.54) is 7.11 Å². The molecule has 0 radical (unpaired) electrons. The number of nitrogens with one attached hydrogen (secondary N) is 1. The van der Waals surface area contributed by atoms with Gasteiger partial charge in [-0.3, -0.25) is 0 Å². The van der Waals surface area contributed by atoms with Crippen LogP contribution in [0.25, 0.3) is 0 Å². The summed E-state index contributed by atoms with van der Waals surface area (Å²) in [6.45, 7) is 1.63. The van der Waals surface area contributed by atoms with Crippen molar-refractivity contribution in [1.29, 1.82) is 0 Å². The minimum atomic E-state index is -2.88. The van der Waals surface area contributed by atoms with E-state index in [0.717, 1.165) is 19.4 Å². The maximum atomic E-state index is 12.5. The third-order valence-corrected chi connectivity index (χ3v) is 2.87. The summed E-state index contributed by atoms with van der Waals surface area (Å²) in [4.78, 5) is 0. The lowest BCUT2D eigenvalue weighted by Gasteiger charge is -2.14. The molecule has 6 heteroatoms. The minimum Gasteiger partial charge on any atom is -0.493 e. The van der Waals surface area contributed by atoms with Crippen LogP contribution in [0.1, 0.15) is 25.3 Å². The van der Waals surface area contributed by atoms with E-state index in [1.54, 1.807) is 18.2 Å². The molecule has 0 saturated carbocycles. The van der Waals surface area contributed by atoms with Crippen LogP contribution in [0.15, 0.2) is 18.2 Å². The second-order valence-corrected chi connectivity index (χ2v) is 4.47. The van der Waals surface area contributed by atoms with Gasteiger partial charge < -0.3 is 19.5 Å². The zero-order valence-corrected chi connectivity index (χ0v) is 12.5. The van der Waals surface area contributed by atoms with Crippen LogP contribution in [0, 0.1) is 0 Å². The maximum absolute atomic E-state index is 12.5. The molecule has 1 aromatic rings. The quantitative estimate of drug-likeness (QED) is 0.637. The van der Waals surface area contributed by atoms with E-state index in [1.807, 2.05) is 0 Å². The Morgan fingerprint density at radius 3 is 2.71 bits per heavy atom. The van der Waals surface area contributed by atoms with E-state index in [9.17, 15) is 8.78 Å². The molecule has 0 bridgehead atoms. The standard InChI is InChI=1S/C15H23F2NO3/c1-3-4-9-20-10-8-18-11-12-6-5-7-13(19-2)14(12)21-15(16)17/h5-7,15,18H,3-4,8-11H2,1-2H3. The molecule has 120 valence electrons. The summed E-state index contributed by atoms with van der Waals surface area (Å²) in [6.07, 6.45) is 2.15. The van der Waals surface area contributed by atoms with Gasteiger partial charge in [0.05, 0.1) is 13.7 Å². The first-order valence-corrected chi connectivity index (χ1v) is 7.08. The summed E-state index contributed by atoms with van der Waals surface area (Å²) < 4.78 is 39.9. The molecule has 0 aliphatic heterocycles. The number of alkyl halides is 2. The third kappa shape index (κ3) is 6.73. The number of halogens is 2. The van der Waals surface area contributed by atoms with Gasteiger partial charge in [0.15, 0.2) is 11.5 Å². The average Bonchev–Trinajstić information content (AvgIpc) is 2.47. The number of methoxy groups -OCH3 is 1. The molecule has 1 N–H and O–H groups in total. The highest BCUT2D eigenvalue weighted by atomic mass is 19.3. The van der Waals surface area contributed by atoms with Crippen LogP contribution in [0.2, 0.25) is 0 Å². The van der Waals surface area contributed by atoms with Gasteiger partial charge in [-0.25, -0.2) is 0 Å². The zero-order valence-electron chi connectivity index (χ0n) is 12.5. The number of para-hydroxylation sites is 1. The maximum Gasteiger partial charge on any atom is 0.387 e. The fourth-order valence-electron chi connectivity index (χ4n) is 1.80. The van der Waals surface area contributed by atoms with Gasteiger partial charge in [-0.1, -0.05) is 25.5 Å². The Bertz CT molecular complexity index is 403. The molecule has 0 atom stereocenters. The largest absolute Gasteiger partial charge is 0.493 e. The number of ether oxygens (including phenoxy) is 3. The molecule has 0 aromatic heterocycles. The van der Waals surface area contributed by atoms with Crippen LogP contribution in [0.4, 0.5) is 8.78 Å². The van der Waals surface area contributed by atoms with Crippen LogP contribution in [-0.4, -0.2) is 33.5 Å². The van der Waals surface area contributed by atoms with Crippen molar-refractivity contribution in [1.82, 2.24) is 5.32 Å². The first-order chi connectivity index (χ1) is 10.2. The van der Waals surface area contributed by atoms with Crippen molar-refractivity contribution in [3.8, 4) is 11.5 Å². The van der Waals surface area contributed by atoms with Gasteiger partial charge in [-0.05, 0) is 12.5 Å². The normalized spacial score (nSPS) is 10.9. The van der Waals surface area contributed by atoms with Gasteiger partial charge in [0, 0.05) is 25.3 Å². The number of unbranched alkanes of at least 4 members (excludes halogenated alkanes) is 1. The first-order valence-electron chi connectivity index (χ1n) is 7.08. The highest BCUT2D eigenvalue weighted by Gasteiger charge is 2.14. The highest BCUT2D eigenvalue weighted by molar-refractivity contribution is 5.46. The van der Waals surface area contributed by atoms with Gasteiger partial charge in [-0.2, -0.15) is 8.78 Å². The molecule has 0 heterocycles. The van der Waals surface area contributed by atoms with E-state index in [0.29, 0.717) is 31.0 Å². The summed E-state index contributed by atoms with van der Waals surface area (Å²) in [7, 11) is 1.42. The Labute approximate surface area is 124 Å². The van der Waals surface area contributed by atoms with Crippen molar-refractivity contribution in [3.63, 3.8) is 0 Å². The highest BCUT2D eigenvalue weighted by Crippen LogP contribution is 2.32. The molecule has 4 nitrogen and oxygen atoms in total. The van der Waals surface area contributed by atoms with Crippen molar-refractivity contribution >= 4 is 0 Å². The lowest BCUT2D eigenvalue weighted by Crippen LogP contribution is -2.20. The van der Waals surface area contributed by atoms with E-state index in [4.69, 9.17) is 9.47 Å². The summed E-state index contributed by atoms with van der Waals surface area (Å²) in [5, 5.41) is 3.14. The molecule has 0 amide bonds. The van der Waals surface area contributed by atoms with Gasteiger partial charge in [0.1, 0.15) is 0 Å². The Kier molecular flexibility index (Phi) is 8.69. The fraction of sp³-hybridized carbons (Fsp3) is 0.600. The Balaban J connectivity index is 2.46. The number of rotatable bonds is 11. The Morgan fingerprint density at radius 1 is 1.24 bits per heavy atom. The number of hydrogen-bond donors (Lipinski definition) is 1. The van der Waals surface area contributed by atoms with Gasteiger partial charge >= 0.3 is 6.61 Å². The minimum absolute atomic E-state index is 0.0781. The van der Waals surface area contributed by atoms with Gasteiger partial charge in [-0.15, -0.1) is 0 Å². The topological polar surface area (TPSA) is 39.7 Å². The van der Waals surface area contributed by atoms with Crippen molar-refractivity contribution < 1.29 is 23.0 Å². The van der Waals surface area contributed by atoms with Crippen molar-refractivity contribution in [3.05, 3.63) is 23.8 Å². The molecular formula is C15H23F2NO3. The van der Waals surface area contributed by atoms with E-state index < -0.39 is 6.61 Å².